The van der Waals surface area contributed by atoms with Crippen molar-refractivity contribution >= 4 is 10.8 Å². The second-order valence-electron chi connectivity index (χ2n) is 6.53. The first-order chi connectivity index (χ1) is 13.4. The lowest BCUT2D eigenvalue weighted by Gasteiger charge is -2.10. The Morgan fingerprint density at radius 2 is 1.79 bits per heavy atom. The molecule has 148 valence electrons. The zero-order chi connectivity index (χ0) is 20.3. The molecule has 28 heavy (non-hydrogen) atoms. The van der Waals surface area contributed by atoms with Crippen molar-refractivity contribution in [2.75, 3.05) is 0 Å². The smallest absolute Gasteiger partial charge is 0.266 e. The van der Waals surface area contributed by atoms with Crippen molar-refractivity contribution in [3.63, 3.8) is 0 Å². The predicted octanol–water partition coefficient (Wildman–Crippen LogP) is 5.25. The second kappa shape index (κ2) is 8.50. The molecule has 0 fully saturated rings. The Bertz CT molecular complexity index is 1030. The molecule has 0 aliphatic heterocycles. The molecule has 3 rings (SSSR count). The van der Waals surface area contributed by atoms with Crippen LogP contribution in [0.4, 0.5) is 17.6 Å². The van der Waals surface area contributed by atoms with E-state index in [9.17, 15) is 22.4 Å². The number of aryl methyl sites for hydroxylation is 1. The fourth-order valence-corrected chi connectivity index (χ4v) is 3.01. The van der Waals surface area contributed by atoms with E-state index in [1.807, 2.05) is 0 Å². The first kappa shape index (κ1) is 20.0. The molecule has 0 atom stereocenters. The third kappa shape index (κ3) is 3.90. The predicted molar refractivity (Wildman–Crippen MR) is 98.2 cm³/mol. The van der Waals surface area contributed by atoms with Gasteiger partial charge in [0.05, 0.1) is 16.5 Å². The summed E-state index contributed by atoms with van der Waals surface area (Å²) in [6.45, 7) is 2.50. The summed E-state index contributed by atoms with van der Waals surface area (Å²) < 4.78 is 55.9. The van der Waals surface area contributed by atoms with Gasteiger partial charge < -0.3 is 4.57 Å². The van der Waals surface area contributed by atoms with Crippen LogP contribution in [-0.4, -0.2) is 14.5 Å². The number of aromatic nitrogens is 3. The van der Waals surface area contributed by atoms with E-state index in [0.717, 1.165) is 38.1 Å². The molecule has 0 amide bonds. The number of alkyl halides is 2. The highest BCUT2D eigenvalue weighted by Crippen LogP contribution is 2.28. The van der Waals surface area contributed by atoms with Gasteiger partial charge >= 0.3 is 0 Å². The Labute approximate surface area is 158 Å². The summed E-state index contributed by atoms with van der Waals surface area (Å²) in [4.78, 5) is 20.0. The van der Waals surface area contributed by atoms with Gasteiger partial charge in [-0.3, -0.25) is 4.79 Å². The molecule has 0 saturated carbocycles. The molecule has 0 radical (unpaired) electrons. The zero-order valence-electron chi connectivity index (χ0n) is 15.3. The Kier molecular flexibility index (Phi) is 6.06. The van der Waals surface area contributed by atoms with Crippen LogP contribution in [0.2, 0.25) is 0 Å². The van der Waals surface area contributed by atoms with Crippen molar-refractivity contribution in [2.45, 2.75) is 45.6 Å². The van der Waals surface area contributed by atoms with Gasteiger partial charge in [0, 0.05) is 25.1 Å². The maximum Gasteiger partial charge on any atom is 0.266 e. The fourth-order valence-electron chi connectivity index (χ4n) is 3.01. The summed E-state index contributed by atoms with van der Waals surface area (Å²) in [5, 5.41) is -0.145. The van der Waals surface area contributed by atoms with Crippen LogP contribution < -0.4 is 5.56 Å². The van der Waals surface area contributed by atoms with Crippen LogP contribution in [0.25, 0.3) is 22.2 Å². The molecule has 2 aromatic heterocycles. The van der Waals surface area contributed by atoms with E-state index in [0.29, 0.717) is 6.54 Å². The number of fused-ring (bicyclic) bond motifs is 1. The van der Waals surface area contributed by atoms with Crippen LogP contribution in [0.15, 0.2) is 35.5 Å². The standard InChI is InChI=1S/C20H19F4N3O/c1-2-3-4-5-7-27-8-6-12-9-14(16(21)17(22)15(12)20(27)28)19-25-10-13(11-26-19)18(23)24/h6,8-11,18H,2-5,7H2,1H3. The van der Waals surface area contributed by atoms with Crippen molar-refractivity contribution < 1.29 is 17.6 Å². The first-order valence-corrected chi connectivity index (χ1v) is 9.05. The molecule has 0 saturated heterocycles. The molecule has 4 nitrogen and oxygen atoms in total. The maximum absolute atomic E-state index is 14.7. The highest BCUT2D eigenvalue weighted by atomic mass is 19.3. The van der Waals surface area contributed by atoms with Gasteiger partial charge in [0.15, 0.2) is 17.5 Å². The van der Waals surface area contributed by atoms with E-state index in [1.165, 1.54) is 16.7 Å². The van der Waals surface area contributed by atoms with E-state index in [1.54, 1.807) is 6.20 Å². The Morgan fingerprint density at radius 1 is 1.07 bits per heavy atom. The van der Waals surface area contributed by atoms with E-state index >= 15 is 0 Å². The number of halogens is 4. The molecule has 0 N–H and O–H groups in total. The van der Waals surface area contributed by atoms with Crippen LogP contribution in [-0.2, 0) is 6.54 Å². The van der Waals surface area contributed by atoms with Crippen molar-refractivity contribution in [3.05, 3.63) is 58.3 Å². The van der Waals surface area contributed by atoms with Crippen molar-refractivity contribution in [3.8, 4) is 11.4 Å². The Hall–Kier alpha value is -2.77. The minimum absolute atomic E-state index is 0.199. The third-order valence-corrected chi connectivity index (χ3v) is 4.56. The summed E-state index contributed by atoms with van der Waals surface area (Å²) in [6, 6.07) is 2.78. The largest absolute Gasteiger partial charge is 0.315 e. The lowest BCUT2D eigenvalue weighted by Crippen LogP contribution is -2.21. The van der Waals surface area contributed by atoms with Gasteiger partial charge in [0.25, 0.3) is 12.0 Å². The molecule has 0 bridgehead atoms. The topological polar surface area (TPSA) is 47.8 Å². The maximum atomic E-state index is 14.7. The summed E-state index contributed by atoms with van der Waals surface area (Å²) in [6.07, 6.45) is 4.32. The van der Waals surface area contributed by atoms with Gasteiger partial charge in [0.2, 0.25) is 0 Å². The summed E-state index contributed by atoms with van der Waals surface area (Å²) in [5.74, 6) is -2.80. The molecule has 0 spiro atoms. The monoisotopic (exact) mass is 393 g/mol. The van der Waals surface area contributed by atoms with Gasteiger partial charge in [-0.05, 0) is 23.9 Å². The molecule has 2 heterocycles. The number of rotatable bonds is 7. The minimum atomic E-state index is -2.76. The SMILES string of the molecule is CCCCCCn1ccc2cc(-c3ncc(C(F)F)cn3)c(F)c(F)c2c1=O. The minimum Gasteiger partial charge on any atom is -0.315 e. The summed E-state index contributed by atoms with van der Waals surface area (Å²) in [7, 11) is 0. The Balaban J connectivity index is 2.02. The average Bonchev–Trinajstić information content (AvgIpc) is 2.69. The number of nitrogens with zero attached hydrogens (tertiary/aromatic N) is 3. The highest BCUT2D eigenvalue weighted by molar-refractivity contribution is 5.86. The molecule has 0 unspecified atom stereocenters. The lowest BCUT2D eigenvalue weighted by molar-refractivity contribution is 0.150. The van der Waals surface area contributed by atoms with Crippen LogP contribution in [0, 0.1) is 11.6 Å². The van der Waals surface area contributed by atoms with E-state index in [-0.39, 0.29) is 22.2 Å². The number of hydrogen-bond acceptors (Lipinski definition) is 3. The summed E-state index contributed by atoms with van der Waals surface area (Å²) in [5.41, 5.74) is -1.31. The van der Waals surface area contributed by atoms with Gasteiger partial charge in [0.1, 0.15) is 0 Å². The quantitative estimate of drug-likeness (QED) is 0.407. The molecule has 0 aliphatic carbocycles. The van der Waals surface area contributed by atoms with Gasteiger partial charge in [-0.15, -0.1) is 0 Å². The first-order valence-electron chi connectivity index (χ1n) is 9.05. The highest BCUT2D eigenvalue weighted by Gasteiger charge is 2.20. The lowest BCUT2D eigenvalue weighted by atomic mass is 10.1. The van der Waals surface area contributed by atoms with E-state index < -0.39 is 29.2 Å². The van der Waals surface area contributed by atoms with Crippen molar-refractivity contribution in [1.29, 1.82) is 0 Å². The molecular formula is C20H19F4N3O. The third-order valence-electron chi connectivity index (χ3n) is 4.56. The second-order valence-corrected chi connectivity index (χ2v) is 6.53. The number of pyridine rings is 1. The van der Waals surface area contributed by atoms with Gasteiger partial charge in [-0.2, -0.15) is 0 Å². The molecule has 3 aromatic rings. The van der Waals surface area contributed by atoms with Crippen LogP contribution in [0.3, 0.4) is 0 Å². The molecule has 1 aromatic carbocycles. The van der Waals surface area contributed by atoms with E-state index in [4.69, 9.17) is 0 Å². The average molecular weight is 393 g/mol. The van der Waals surface area contributed by atoms with Crippen molar-refractivity contribution in [1.82, 2.24) is 14.5 Å². The number of benzene rings is 1. The van der Waals surface area contributed by atoms with Crippen LogP contribution >= 0.6 is 0 Å². The van der Waals surface area contributed by atoms with Crippen molar-refractivity contribution in [2.24, 2.45) is 0 Å². The van der Waals surface area contributed by atoms with Gasteiger partial charge in [-0.1, -0.05) is 26.2 Å². The zero-order valence-corrected chi connectivity index (χ0v) is 15.3. The fraction of sp³-hybridized carbons (Fsp3) is 0.350. The van der Waals surface area contributed by atoms with Gasteiger partial charge in [-0.25, -0.2) is 27.5 Å². The van der Waals surface area contributed by atoms with Crippen LogP contribution in [0.1, 0.15) is 44.6 Å². The Morgan fingerprint density at radius 3 is 2.43 bits per heavy atom. The van der Waals surface area contributed by atoms with E-state index in [2.05, 4.69) is 16.9 Å². The number of unbranched alkanes of at least 4 members (excludes halogenated alkanes) is 3. The normalized spacial score (nSPS) is 11.5. The summed E-state index contributed by atoms with van der Waals surface area (Å²) >= 11 is 0. The molecule has 0 aliphatic rings. The van der Waals surface area contributed by atoms with Crippen LogP contribution in [0.5, 0.6) is 0 Å². The number of hydrogen-bond donors (Lipinski definition) is 0. The molecule has 8 heteroatoms. The molecular weight excluding hydrogens is 374 g/mol.